The molecule has 0 unspecified atom stereocenters. The maximum absolute atomic E-state index is 10.4. The van der Waals surface area contributed by atoms with Crippen LogP contribution >= 0.6 is 12.2 Å². The van der Waals surface area contributed by atoms with Crippen molar-refractivity contribution in [2.24, 2.45) is 0 Å². The van der Waals surface area contributed by atoms with Gasteiger partial charge in [0, 0.05) is 4.86 Å². The summed E-state index contributed by atoms with van der Waals surface area (Å²) in [7, 11) is 0. The molecule has 0 spiro atoms. The molecule has 0 atom stereocenters. The van der Waals surface area contributed by atoms with Crippen LogP contribution in [0.1, 0.15) is 32.6 Å². The lowest BCUT2D eigenvalue weighted by Crippen LogP contribution is -2.08. The molecule has 12 heavy (non-hydrogen) atoms. The van der Waals surface area contributed by atoms with Crippen molar-refractivity contribution in [3.8, 4) is 0 Å². The highest BCUT2D eigenvalue weighted by Gasteiger charge is 2.08. The van der Waals surface area contributed by atoms with E-state index < -0.39 is 5.97 Å². The fourth-order valence-corrected chi connectivity index (χ4v) is 1.04. The van der Waals surface area contributed by atoms with E-state index >= 15 is 0 Å². The molecular weight excluding hydrogens is 172 g/mol. The third kappa shape index (κ3) is 4.23. The van der Waals surface area contributed by atoms with E-state index in [0.29, 0.717) is 11.3 Å². The third-order valence-electron chi connectivity index (χ3n) is 1.60. The summed E-state index contributed by atoms with van der Waals surface area (Å²) < 4.78 is 0. The fraction of sp³-hybridized carbons (Fsp3) is 0.556. The lowest BCUT2D eigenvalue weighted by Gasteiger charge is -2.01. The number of hydrogen-bond donors (Lipinski definition) is 1. The highest BCUT2D eigenvalue weighted by molar-refractivity contribution is 7.81. The lowest BCUT2D eigenvalue weighted by atomic mass is 10.1. The van der Waals surface area contributed by atoms with Crippen LogP contribution in [0.2, 0.25) is 0 Å². The summed E-state index contributed by atoms with van der Waals surface area (Å²) in [5.41, 5.74) is 0.0705. The van der Waals surface area contributed by atoms with Crippen LogP contribution in [0.3, 0.4) is 0 Å². The van der Waals surface area contributed by atoms with Crippen molar-refractivity contribution >= 4 is 23.1 Å². The molecular formula is C9H14O2S. The van der Waals surface area contributed by atoms with Crippen molar-refractivity contribution in [1.82, 2.24) is 0 Å². The minimum absolute atomic E-state index is 0.0705. The molecule has 0 aromatic rings. The van der Waals surface area contributed by atoms with Crippen LogP contribution in [0.15, 0.2) is 12.2 Å². The zero-order valence-electron chi connectivity index (χ0n) is 7.30. The van der Waals surface area contributed by atoms with E-state index in [1.165, 1.54) is 0 Å². The topological polar surface area (TPSA) is 37.3 Å². The van der Waals surface area contributed by atoms with E-state index in [2.05, 4.69) is 13.5 Å². The number of thiocarbonyl (C=S) groups is 1. The summed E-state index contributed by atoms with van der Waals surface area (Å²) in [6.07, 6.45) is 3.84. The monoisotopic (exact) mass is 186 g/mol. The predicted molar refractivity (Wildman–Crippen MR) is 53.5 cm³/mol. The van der Waals surface area contributed by atoms with Crippen LogP contribution in [-0.4, -0.2) is 15.9 Å². The molecule has 0 aliphatic rings. The summed E-state index contributed by atoms with van der Waals surface area (Å²) in [6, 6.07) is 0. The van der Waals surface area contributed by atoms with Crippen molar-refractivity contribution in [2.45, 2.75) is 32.6 Å². The smallest absolute Gasteiger partial charge is 0.336 e. The Kier molecular flexibility index (Phi) is 5.54. The van der Waals surface area contributed by atoms with Crippen LogP contribution < -0.4 is 0 Å². The summed E-state index contributed by atoms with van der Waals surface area (Å²) in [6.45, 7) is 5.48. The van der Waals surface area contributed by atoms with E-state index in [9.17, 15) is 4.79 Å². The number of rotatable bonds is 6. The van der Waals surface area contributed by atoms with E-state index in [1.807, 2.05) is 0 Å². The molecule has 0 aromatic carbocycles. The van der Waals surface area contributed by atoms with Gasteiger partial charge in [-0.2, -0.15) is 0 Å². The van der Waals surface area contributed by atoms with E-state index in [0.717, 1.165) is 19.3 Å². The number of carboxylic acid groups (broad SMARTS) is 1. The first-order chi connectivity index (χ1) is 5.59. The quantitative estimate of drug-likeness (QED) is 0.393. The molecule has 0 saturated heterocycles. The van der Waals surface area contributed by atoms with Crippen LogP contribution in [0, 0.1) is 0 Å². The normalized spacial score (nSPS) is 9.42. The van der Waals surface area contributed by atoms with Gasteiger partial charge >= 0.3 is 5.97 Å². The van der Waals surface area contributed by atoms with Crippen LogP contribution in [0.5, 0.6) is 0 Å². The molecule has 1 N–H and O–H groups in total. The second-order valence-corrected chi connectivity index (χ2v) is 3.16. The zero-order chi connectivity index (χ0) is 9.56. The standard InChI is InChI=1S/C9H14O2S/c1-3-4-5-6-8(12)7(2)9(10)11/h2-6H2,1H3,(H,10,11). The van der Waals surface area contributed by atoms with Gasteiger partial charge in [-0.3, -0.25) is 0 Å². The van der Waals surface area contributed by atoms with Gasteiger partial charge in [-0.1, -0.05) is 38.6 Å². The molecule has 0 aliphatic carbocycles. The van der Waals surface area contributed by atoms with E-state index in [4.69, 9.17) is 17.3 Å². The first-order valence-corrected chi connectivity index (χ1v) is 4.45. The maximum Gasteiger partial charge on any atom is 0.336 e. The Morgan fingerprint density at radius 2 is 2.08 bits per heavy atom. The van der Waals surface area contributed by atoms with Gasteiger partial charge in [-0.15, -0.1) is 0 Å². The highest BCUT2D eigenvalue weighted by Crippen LogP contribution is 2.06. The first kappa shape index (κ1) is 11.3. The molecule has 3 heteroatoms. The molecule has 0 aromatic heterocycles. The first-order valence-electron chi connectivity index (χ1n) is 4.05. The number of aliphatic carboxylic acids is 1. The van der Waals surface area contributed by atoms with Gasteiger partial charge in [0.1, 0.15) is 0 Å². The molecule has 0 rings (SSSR count). The van der Waals surface area contributed by atoms with Crippen molar-refractivity contribution < 1.29 is 9.90 Å². The molecule has 0 fully saturated rings. The SMILES string of the molecule is C=C(C(=O)O)C(=S)CCCCC. The molecule has 0 aliphatic heterocycles. The molecule has 68 valence electrons. The summed E-state index contributed by atoms with van der Waals surface area (Å²) in [5, 5.41) is 8.52. The Bertz CT molecular complexity index is 197. The number of hydrogen-bond acceptors (Lipinski definition) is 2. The van der Waals surface area contributed by atoms with Gasteiger partial charge in [0.2, 0.25) is 0 Å². The van der Waals surface area contributed by atoms with Crippen molar-refractivity contribution in [3.05, 3.63) is 12.2 Å². The van der Waals surface area contributed by atoms with E-state index in [1.54, 1.807) is 0 Å². The minimum Gasteiger partial charge on any atom is -0.478 e. The average molecular weight is 186 g/mol. The largest absolute Gasteiger partial charge is 0.478 e. The summed E-state index contributed by atoms with van der Waals surface area (Å²) in [5.74, 6) is -1.00. The maximum atomic E-state index is 10.4. The van der Waals surface area contributed by atoms with Crippen molar-refractivity contribution in [3.63, 3.8) is 0 Å². The third-order valence-corrected chi connectivity index (χ3v) is 2.05. The van der Waals surface area contributed by atoms with Crippen molar-refractivity contribution in [1.29, 1.82) is 0 Å². The van der Waals surface area contributed by atoms with Gasteiger partial charge in [0.05, 0.1) is 5.57 Å². The average Bonchev–Trinajstić information content (AvgIpc) is 2.03. The highest BCUT2D eigenvalue weighted by atomic mass is 32.1. The van der Waals surface area contributed by atoms with Gasteiger partial charge in [-0.25, -0.2) is 4.79 Å². The number of unbranched alkanes of at least 4 members (excludes halogenated alkanes) is 2. The van der Waals surface area contributed by atoms with Crippen LogP contribution in [0.25, 0.3) is 0 Å². The zero-order valence-corrected chi connectivity index (χ0v) is 8.12. The minimum atomic E-state index is -1.00. The molecule has 0 bridgehead atoms. The number of carboxylic acids is 1. The molecule has 0 radical (unpaired) electrons. The van der Waals surface area contributed by atoms with Gasteiger partial charge in [0.15, 0.2) is 0 Å². The van der Waals surface area contributed by atoms with Gasteiger partial charge in [-0.05, 0) is 12.8 Å². The molecule has 0 saturated carbocycles. The lowest BCUT2D eigenvalue weighted by molar-refractivity contribution is -0.132. The van der Waals surface area contributed by atoms with Crippen LogP contribution in [-0.2, 0) is 4.79 Å². The Morgan fingerprint density at radius 3 is 2.50 bits per heavy atom. The predicted octanol–water partition coefficient (Wildman–Crippen LogP) is 2.58. The van der Waals surface area contributed by atoms with Gasteiger partial charge < -0.3 is 5.11 Å². The van der Waals surface area contributed by atoms with Crippen molar-refractivity contribution in [2.75, 3.05) is 0 Å². The Labute approximate surface area is 78.3 Å². The summed E-state index contributed by atoms with van der Waals surface area (Å²) in [4.78, 5) is 10.9. The molecule has 0 heterocycles. The number of carbonyl (C=O) groups is 1. The molecule has 2 nitrogen and oxygen atoms in total. The van der Waals surface area contributed by atoms with E-state index in [-0.39, 0.29) is 5.57 Å². The second-order valence-electron chi connectivity index (χ2n) is 2.66. The second kappa shape index (κ2) is 5.89. The van der Waals surface area contributed by atoms with Crippen LogP contribution in [0.4, 0.5) is 0 Å². The Hall–Kier alpha value is -0.700. The summed E-state index contributed by atoms with van der Waals surface area (Å²) >= 11 is 4.89. The Balaban J connectivity index is 3.73. The Morgan fingerprint density at radius 1 is 1.50 bits per heavy atom. The fourth-order valence-electron chi connectivity index (χ4n) is 0.806. The van der Waals surface area contributed by atoms with Gasteiger partial charge in [0.25, 0.3) is 0 Å². The molecule has 0 amide bonds.